The first-order valence-electron chi connectivity index (χ1n) is 9.84. The van der Waals surface area contributed by atoms with Crippen LogP contribution in [-0.4, -0.2) is 63.9 Å². The molecule has 2 amide bonds. The van der Waals surface area contributed by atoms with Gasteiger partial charge in [0.25, 0.3) is 5.91 Å². The van der Waals surface area contributed by atoms with Crippen molar-refractivity contribution in [3.63, 3.8) is 0 Å². The second-order valence-electron chi connectivity index (χ2n) is 7.23. The van der Waals surface area contributed by atoms with Gasteiger partial charge < -0.3 is 10.2 Å². The summed E-state index contributed by atoms with van der Waals surface area (Å²) < 4.78 is 0. The first-order valence-corrected chi connectivity index (χ1v) is 12.2. The fraction of sp³-hybridized carbons (Fsp3) is 0.364. The van der Waals surface area contributed by atoms with Crippen LogP contribution in [0, 0.1) is 0 Å². The van der Waals surface area contributed by atoms with Crippen molar-refractivity contribution in [3.8, 4) is 0 Å². The molecule has 0 spiro atoms. The van der Waals surface area contributed by atoms with Crippen LogP contribution in [0.5, 0.6) is 0 Å². The summed E-state index contributed by atoms with van der Waals surface area (Å²) in [7, 11) is 0. The zero-order valence-corrected chi connectivity index (χ0v) is 17.9. The molecule has 2 heterocycles. The molecule has 0 radical (unpaired) electrons. The standard InChI is InChI=1S/C22H25N3O2S2/c26-21(20-15-29-16-25(20)22(27)18-6-2-1-3-7-18)23-19-8-4-5-17(13-19)14-24-9-11-28-12-10-24/h1-8,13,20H,9-12,14-16H2,(H,23,26)/t20-/m0/s1. The van der Waals surface area contributed by atoms with Gasteiger partial charge in [-0.15, -0.1) is 11.8 Å². The van der Waals surface area contributed by atoms with E-state index in [2.05, 4.69) is 16.3 Å². The molecule has 2 fully saturated rings. The van der Waals surface area contributed by atoms with Gasteiger partial charge >= 0.3 is 0 Å². The second-order valence-corrected chi connectivity index (χ2v) is 9.46. The zero-order chi connectivity index (χ0) is 20.1. The Morgan fingerprint density at radius 1 is 1.00 bits per heavy atom. The Kier molecular flexibility index (Phi) is 6.79. The molecule has 2 aliphatic heterocycles. The summed E-state index contributed by atoms with van der Waals surface area (Å²) in [4.78, 5) is 29.9. The highest BCUT2D eigenvalue weighted by atomic mass is 32.2. The van der Waals surface area contributed by atoms with E-state index < -0.39 is 6.04 Å². The number of nitrogens with zero attached hydrogens (tertiary/aromatic N) is 2. The molecule has 0 saturated carbocycles. The van der Waals surface area contributed by atoms with Crippen molar-refractivity contribution < 1.29 is 9.59 Å². The summed E-state index contributed by atoms with van der Waals surface area (Å²) in [6.45, 7) is 3.12. The first-order chi connectivity index (χ1) is 14.2. The second kappa shape index (κ2) is 9.69. The van der Waals surface area contributed by atoms with Crippen molar-refractivity contribution in [3.05, 3.63) is 65.7 Å². The number of benzene rings is 2. The Morgan fingerprint density at radius 2 is 1.79 bits per heavy atom. The van der Waals surface area contributed by atoms with Crippen LogP contribution < -0.4 is 5.32 Å². The molecule has 4 rings (SSSR count). The fourth-order valence-electron chi connectivity index (χ4n) is 3.60. The maximum Gasteiger partial charge on any atom is 0.255 e. The van der Waals surface area contributed by atoms with E-state index >= 15 is 0 Å². The summed E-state index contributed by atoms with van der Waals surface area (Å²) in [5.74, 6) is 3.31. The van der Waals surface area contributed by atoms with E-state index in [-0.39, 0.29) is 11.8 Å². The quantitative estimate of drug-likeness (QED) is 0.793. The van der Waals surface area contributed by atoms with Gasteiger partial charge in [0, 0.05) is 48.1 Å². The van der Waals surface area contributed by atoms with Crippen molar-refractivity contribution in [2.45, 2.75) is 12.6 Å². The van der Waals surface area contributed by atoms with Gasteiger partial charge in [-0.3, -0.25) is 14.5 Å². The van der Waals surface area contributed by atoms with Crippen LogP contribution in [0.15, 0.2) is 54.6 Å². The summed E-state index contributed by atoms with van der Waals surface area (Å²) in [6, 6.07) is 16.8. The molecule has 152 valence electrons. The topological polar surface area (TPSA) is 52.7 Å². The van der Waals surface area contributed by atoms with Crippen LogP contribution in [0.4, 0.5) is 5.69 Å². The number of carbonyl (C=O) groups is 2. The Balaban J connectivity index is 1.40. The van der Waals surface area contributed by atoms with Gasteiger partial charge in [-0.05, 0) is 29.8 Å². The Labute approximate surface area is 180 Å². The third-order valence-corrected chi connectivity index (χ3v) is 7.13. The SMILES string of the molecule is O=C(Nc1cccc(CN2CCSCC2)c1)[C@@H]1CSCN1C(=O)c1ccccc1. The molecule has 1 N–H and O–H groups in total. The lowest BCUT2D eigenvalue weighted by molar-refractivity contribution is -0.119. The highest BCUT2D eigenvalue weighted by Gasteiger charge is 2.35. The minimum atomic E-state index is -0.449. The molecule has 2 aromatic carbocycles. The van der Waals surface area contributed by atoms with Crippen LogP contribution in [0.1, 0.15) is 15.9 Å². The van der Waals surface area contributed by atoms with E-state index in [0.29, 0.717) is 17.2 Å². The lowest BCUT2D eigenvalue weighted by atomic mass is 10.1. The molecule has 5 nitrogen and oxygen atoms in total. The van der Waals surface area contributed by atoms with Gasteiger partial charge in [0.2, 0.25) is 5.91 Å². The molecule has 0 bridgehead atoms. The zero-order valence-electron chi connectivity index (χ0n) is 16.3. The van der Waals surface area contributed by atoms with Crippen molar-refractivity contribution >= 4 is 41.0 Å². The lowest BCUT2D eigenvalue weighted by Gasteiger charge is -2.26. The number of carbonyl (C=O) groups excluding carboxylic acids is 2. The molecule has 29 heavy (non-hydrogen) atoms. The molecule has 0 unspecified atom stereocenters. The van der Waals surface area contributed by atoms with E-state index in [4.69, 9.17) is 0 Å². The predicted octanol–water partition coefficient (Wildman–Crippen LogP) is 3.39. The molecule has 2 aliphatic rings. The minimum Gasteiger partial charge on any atom is -0.324 e. The van der Waals surface area contributed by atoms with E-state index in [9.17, 15) is 9.59 Å². The Morgan fingerprint density at radius 3 is 2.59 bits per heavy atom. The van der Waals surface area contributed by atoms with Gasteiger partial charge in [0.1, 0.15) is 6.04 Å². The molecular weight excluding hydrogens is 402 g/mol. The monoisotopic (exact) mass is 427 g/mol. The van der Waals surface area contributed by atoms with Crippen molar-refractivity contribution in [2.24, 2.45) is 0 Å². The van der Waals surface area contributed by atoms with E-state index in [1.807, 2.05) is 48.2 Å². The molecule has 1 atom stereocenters. The maximum atomic E-state index is 12.9. The normalized spacial score (nSPS) is 19.9. The van der Waals surface area contributed by atoms with Crippen molar-refractivity contribution in [2.75, 3.05) is 41.5 Å². The largest absolute Gasteiger partial charge is 0.324 e. The molecule has 2 saturated heterocycles. The van der Waals surface area contributed by atoms with Crippen LogP contribution >= 0.6 is 23.5 Å². The lowest BCUT2D eigenvalue weighted by Crippen LogP contribution is -2.44. The molecule has 7 heteroatoms. The van der Waals surface area contributed by atoms with Crippen LogP contribution in [-0.2, 0) is 11.3 Å². The van der Waals surface area contributed by atoms with E-state index in [1.54, 1.807) is 28.8 Å². The third kappa shape index (κ3) is 5.15. The van der Waals surface area contributed by atoms with Crippen LogP contribution in [0.3, 0.4) is 0 Å². The molecule has 0 aliphatic carbocycles. The number of hydrogen-bond acceptors (Lipinski definition) is 5. The van der Waals surface area contributed by atoms with Gasteiger partial charge in [0.15, 0.2) is 0 Å². The number of anilines is 1. The first kappa shape index (κ1) is 20.3. The molecular formula is C22H25N3O2S2. The van der Waals surface area contributed by atoms with Gasteiger partial charge in [-0.25, -0.2) is 0 Å². The fourth-order valence-corrected chi connectivity index (χ4v) is 5.73. The number of thioether (sulfide) groups is 2. The molecule has 2 aromatic rings. The average molecular weight is 428 g/mol. The summed E-state index contributed by atoms with van der Waals surface area (Å²) in [5.41, 5.74) is 2.62. The number of nitrogens with one attached hydrogen (secondary N) is 1. The van der Waals surface area contributed by atoms with Crippen LogP contribution in [0.2, 0.25) is 0 Å². The van der Waals surface area contributed by atoms with Gasteiger partial charge in [-0.1, -0.05) is 30.3 Å². The third-order valence-electron chi connectivity index (χ3n) is 5.17. The predicted molar refractivity (Wildman–Crippen MR) is 121 cm³/mol. The smallest absolute Gasteiger partial charge is 0.255 e. The average Bonchev–Trinajstić information content (AvgIpc) is 3.25. The summed E-state index contributed by atoms with van der Waals surface area (Å²) in [5, 5.41) is 3.03. The van der Waals surface area contributed by atoms with Crippen molar-refractivity contribution in [1.29, 1.82) is 0 Å². The maximum absolute atomic E-state index is 12.9. The van der Waals surface area contributed by atoms with E-state index in [1.165, 1.54) is 17.1 Å². The summed E-state index contributed by atoms with van der Waals surface area (Å²) >= 11 is 3.62. The van der Waals surface area contributed by atoms with E-state index in [0.717, 1.165) is 25.3 Å². The summed E-state index contributed by atoms with van der Waals surface area (Å²) in [6.07, 6.45) is 0. The number of rotatable bonds is 5. The number of hydrogen-bond donors (Lipinski definition) is 1. The number of amides is 2. The highest BCUT2D eigenvalue weighted by molar-refractivity contribution is 7.99. The highest BCUT2D eigenvalue weighted by Crippen LogP contribution is 2.25. The van der Waals surface area contributed by atoms with Crippen molar-refractivity contribution in [1.82, 2.24) is 9.80 Å². The van der Waals surface area contributed by atoms with Gasteiger partial charge in [-0.2, -0.15) is 11.8 Å². The molecule has 0 aromatic heterocycles. The van der Waals surface area contributed by atoms with Crippen LogP contribution in [0.25, 0.3) is 0 Å². The minimum absolute atomic E-state index is 0.0903. The van der Waals surface area contributed by atoms with Gasteiger partial charge in [0.05, 0.1) is 5.88 Å². The Hall–Kier alpha value is -1.96. The Bertz CT molecular complexity index is 856.